The molecular formula is C17H16N2. The molecule has 1 aromatic heterocycles. The Hall–Kier alpha value is -2.19. The maximum Gasteiger partial charge on any atom is 0.0702 e. The van der Waals surface area contributed by atoms with Crippen LogP contribution in [0.4, 0.5) is 0 Å². The molecule has 2 aromatic carbocycles. The van der Waals surface area contributed by atoms with Crippen LogP contribution < -0.4 is 5.32 Å². The zero-order chi connectivity index (χ0) is 13.1. The van der Waals surface area contributed by atoms with Crippen molar-refractivity contribution in [1.29, 1.82) is 0 Å². The second-order valence-electron chi connectivity index (χ2n) is 4.60. The summed E-state index contributed by atoms with van der Waals surface area (Å²) in [5, 5.41) is 4.40. The largest absolute Gasteiger partial charge is 0.316 e. The lowest BCUT2D eigenvalue weighted by atomic mass is 9.98. The SMILES string of the molecule is CNCc1ccccc1-c1ccc2ncccc2c1. The molecule has 0 aliphatic rings. The topological polar surface area (TPSA) is 24.9 Å². The summed E-state index contributed by atoms with van der Waals surface area (Å²) in [5.41, 5.74) is 4.87. The number of nitrogens with zero attached hydrogens (tertiary/aromatic N) is 1. The van der Waals surface area contributed by atoms with Crippen molar-refractivity contribution >= 4 is 10.9 Å². The van der Waals surface area contributed by atoms with E-state index in [0.717, 1.165) is 12.1 Å². The van der Waals surface area contributed by atoms with Crippen molar-refractivity contribution in [2.75, 3.05) is 7.05 Å². The molecule has 0 saturated heterocycles. The van der Waals surface area contributed by atoms with Crippen LogP contribution in [0, 0.1) is 0 Å². The molecule has 0 fully saturated rings. The molecule has 1 heterocycles. The molecule has 0 spiro atoms. The molecule has 2 nitrogen and oxygen atoms in total. The van der Waals surface area contributed by atoms with Crippen LogP contribution in [0.3, 0.4) is 0 Å². The van der Waals surface area contributed by atoms with Gasteiger partial charge in [0.15, 0.2) is 0 Å². The molecule has 0 bridgehead atoms. The quantitative estimate of drug-likeness (QED) is 0.765. The second kappa shape index (κ2) is 5.21. The van der Waals surface area contributed by atoms with Gasteiger partial charge < -0.3 is 5.32 Å². The molecule has 94 valence electrons. The summed E-state index contributed by atoms with van der Waals surface area (Å²) in [4.78, 5) is 4.36. The minimum absolute atomic E-state index is 0.876. The highest BCUT2D eigenvalue weighted by Gasteiger charge is 2.04. The number of fused-ring (bicyclic) bond motifs is 1. The Kier molecular flexibility index (Phi) is 3.25. The zero-order valence-electron chi connectivity index (χ0n) is 10.9. The van der Waals surface area contributed by atoms with Gasteiger partial charge in [-0.2, -0.15) is 0 Å². The van der Waals surface area contributed by atoms with Gasteiger partial charge in [-0.3, -0.25) is 4.98 Å². The Balaban J connectivity index is 2.13. The maximum absolute atomic E-state index is 4.36. The van der Waals surface area contributed by atoms with E-state index in [2.05, 4.69) is 58.8 Å². The summed E-state index contributed by atoms with van der Waals surface area (Å²) >= 11 is 0. The Morgan fingerprint density at radius 1 is 1.00 bits per heavy atom. The van der Waals surface area contributed by atoms with Gasteiger partial charge in [0.05, 0.1) is 5.52 Å². The van der Waals surface area contributed by atoms with Crippen molar-refractivity contribution in [2.24, 2.45) is 0 Å². The molecule has 0 unspecified atom stereocenters. The fourth-order valence-electron chi connectivity index (χ4n) is 2.39. The molecule has 0 saturated carbocycles. The number of pyridine rings is 1. The van der Waals surface area contributed by atoms with Crippen LogP contribution >= 0.6 is 0 Å². The van der Waals surface area contributed by atoms with Gasteiger partial charge in [-0.25, -0.2) is 0 Å². The number of hydrogen-bond donors (Lipinski definition) is 1. The van der Waals surface area contributed by atoms with Crippen LogP contribution in [0.1, 0.15) is 5.56 Å². The van der Waals surface area contributed by atoms with Crippen LogP contribution in [0.2, 0.25) is 0 Å². The van der Waals surface area contributed by atoms with Gasteiger partial charge >= 0.3 is 0 Å². The molecule has 0 radical (unpaired) electrons. The summed E-state index contributed by atoms with van der Waals surface area (Å²) in [6.07, 6.45) is 1.83. The van der Waals surface area contributed by atoms with Crippen LogP contribution in [-0.4, -0.2) is 12.0 Å². The molecule has 3 rings (SSSR count). The maximum atomic E-state index is 4.36. The lowest BCUT2D eigenvalue weighted by molar-refractivity contribution is 0.819. The highest BCUT2D eigenvalue weighted by atomic mass is 14.8. The Morgan fingerprint density at radius 2 is 1.89 bits per heavy atom. The van der Waals surface area contributed by atoms with Crippen LogP contribution in [-0.2, 0) is 6.54 Å². The summed E-state index contributed by atoms with van der Waals surface area (Å²) < 4.78 is 0. The zero-order valence-corrected chi connectivity index (χ0v) is 10.9. The summed E-state index contributed by atoms with van der Waals surface area (Å²) in [5.74, 6) is 0. The van der Waals surface area contributed by atoms with Crippen molar-refractivity contribution in [3.8, 4) is 11.1 Å². The average Bonchev–Trinajstić information content (AvgIpc) is 2.48. The van der Waals surface area contributed by atoms with E-state index in [4.69, 9.17) is 0 Å². The van der Waals surface area contributed by atoms with E-state index in [-0.39, 0.29) is 0 Å². The van der Waals surface area contributed by atoms with Gasteiger partial charge in [0.25, 0.3) is 0 Å². The van der Waals surface area contributed by atoms with Gasteiger partial charge in [0.2, 0.25) is 0 Å². The first-order valence-corrected chi connectivity index (χ1v) is 6.46. The number of nitrogens with one attached hydrogen (secondary N) is 1. The lowest BCUT2D eigenvalue weighted by Gasteiger charge is -2.10. The summed E-state index contributed by atoms with van der Waals surface area (Å²) in [6, 6.07) is 19.0. The number of aromatic nitrogens is 1. The van der Waals surface area contributed by atoms with Crippen LogP contribution in [0.25, 0.3) is 22.0 Å². The van der Waals surface area contributed by atoms with Crippen LogP contribution in [0.15, 0.2) is 60.8 Å². The number of rotatable bonds is 3. The molecule has 2 heteroatoms. The van der Waals surface area contributed by atoms with Gasteiger partial charge in [-0.05, 0) is 41.9 Å². The highest BCUT2D eigenvalue weighted by Crippen LogP contribution is 2.26. The molecule has 3 aromatic rings. The Morgan fingerprint density at radius 3 is 2.79 bits per heavy atom. The second-order valence-corrected chi connectivity index (χ2v) is 4.60. The minimum atomic E-state index is 0.876. The van der Waals surface area contributed by atoms with E-state index in [1.165, 1.54) is 22.1 Å². The molecule has 1 N–H and O–H groups in total. The highest BCUT2D eigenvalue weighted by molar-refractivity contribution is 5.84. The van der Waals surface area contributed by atoms with E-state index in [1.807, 2.05) is 19.3 Å². The van der Waals surface area contributed by atoms with E-state index in [0.29, 0.717) is 0 Å². The van der Waals surface area contributed by atoms with Gasteiger partial charge in [-0.15, -0.1) is 0 Å². The van der Waals surface area contributed by atoms with Crippen LogP contribution in [0.5, 0.6) is 0 Å². The average molecular weight is 248 g/mol. The molecule has 0 amide bonds. The molecule has 0 aliphatic carbocycles. The van der Waals surface area contributed by atoms with Crippen molar-refractivity contribution in [3.05, 3.63) is 66.4 Å². The Bertz CT molecular complexity index is 704. The third kappa shape index (κ3) is 2.35. The standard InChI is InChI=1S/C17H16N2/c1-18-12-15-5-2-3-7-16(15)13-8-9-17-14(11-13)6-4-10-19-17/h2-11,18H,12H2,1H3. The van der Waals surface area contributed by atoms with E-state index in [1.54, 1.807) is 0 Å². The first kappa shape index (κ1) is 11.9. The van der Waals surface area contributed by atoms with E-state index >= 15 is 0 Å². The van der Waals surface area contributed by atoms with Gasteiger partial charge in [-0.1, -0.05) is 36.4 Å². The van der Waals surface area contributed by atoms with Gasteiger partial charge in [0, 0.05) is 18.1 Å². The minimum Gasteiger partial charge on any atom is -0.316 e. The monoisotopic (exact) mass is 248 g/mol. The third-order valence-corrected chi connectivity index (χ3v) is 3.30. The molecule has 0 aliphatic heterocycles. The molecule has 0 atom stereocenters. The van der Waals surface area contributed by atoms with Crippen molar-refractivity contribution in [3.63, 3.8) is 0 Å². The van der Waals surface area contributed by atoms with Crippen molar-refractivity contribution in [1.82, 2.24) is 10.3 Å². The third-order valence-electron chi connectivity index (χ3n) is 3.30. The summed E-state index contributed by atoms with van der Waals surface area (Å²) in [7, 11) is 1.97. The smallest absolute Gasteiger partial charge is 0.0702 e. The first-order chi connectivity index (χ1) is 9.38. The number of benzene rings is 2. The number of hydrogen-bond acceptors (Lipinski definition) is 2. The molecular weight excluding hydrogens is 232 g/mol. The summed E-state index contributed by atoms with van der Waals surface area (Å²) in [6.45, 7) is 0.876. The fraction of sp³-hybridized carbons (Fsp3) is 0.118. The van der Waals surface area contributed by atoms with Gasteiger partial charge in [0.1, 0.15) is 0 Å². The lowest BCUT2D eigenvalue weighted by Crippen LogP contribution is -2.06. The normalized spacial score (nSPS) is 10.8. The predicted molar refractivity (Wildman–Crippen MR) is 79.9 cm³/mol. The Labute approximate surface area is 113 Å². The fourth-order valence-corrected chi connectivity index (χ4v) is 2.39. The van der Waals surface area contributed by atoms with E-state index < -0.39 is 0 Å². The predicted octanol–water partition coefficient (Wildman–Crippen LogP) is 3.62. The first-order valence-electron chi connectivity index (χ1n) is 6.46. The van der Waals surface area contributed by atoms with Crippen molar-refractivity contribution < 1.29 is 0 Å². The van der Waals surface area contributed by atoms with Crippen molar-refractivity contribution in [2.45, 2.75) is 6.54 Å². The molecule has 19 heavy (non-hydrogen) atoms. The van der Waals surface area contributed by atoms with E-state index in [9.17, 15) is 0 Å².